The molecule has 0 saturated heterocycles. The molecule has 10 aromatic rings. The van der Waals surface area contributed by atoms with E-state index in [1.807, 2.05) is 48.5 Å². The fraction of sp³-hybridized carbons (Fsp3) is 0.172. The Morgan fingerprint density at radius 2 is 1.36 bits per heavy atom. The van der Waals surface area contributed by atoms with E-state index in [0.717, 1.165) is 62.2 Å². The van der Waals surface area contributed by atoms with E-state index in [9.17, 15) is 0 Å². The summed E-state index contributed by atoms with van der Waals surface area (Å²) >= 11 is -1.98. The summed E-state index contributed by atoms with van der Waals surface area (Å²) in [6.45, 7) is 9.29. The van der Waals surface area contributed by atoms with Gasteiger partial charge in [0.1, 0.15) is 5.58 Å². The van der Waals surface area contributed by atoms with Crippen molar-refractivity contribution in [2.75, 3.05) is 0 Å². The number of hydrogen-bond acceptors (Lipinski definition) is 3. The molecule has 11 rings (SSSR count). The van der Waals surface area contributed by atoms with Crippen LogP contribution < -0.4 is 4.40 Å². The third-order valence-electron chi connectivity index (χ3n) is 12.6. The summed E-state index contributed by atoms with van der Waals surface area (Å²) in [6.07, 6.45) is 3.31. The molecule has 319 valence electrons. The average molecular weight is 1070 g/mol. The quantitative estimate of drug-likeness (QED) is 0.118. The van der Waals surface area contributed by atoms with E-state index >= 15 is 0 Å². The molecule has 64 heavy (non-hydrogen) atoms. The Labute approximate surface area is 393 Å². The molecule has 0 atom stereocenters. The number of rotatable bonds is 7. The van der Waals surface area contributed by atoms with Crippen LogP contribution in [0.4, 0.5) is 0 Å². The number of benzene rings is 7. The number of pyridine rings is 1. The number of hydrogen-bond donors (Lipinski definition) is 0. The minimum absolute atomic E-state index is 0. The van der Waals surface area contributed by atoms with Crippen molar-refractivity contribution in [2.45, 2.75) is 56.8 Å². The molecular formula is C58H51GeIrN3O-2. The Morgan fingerprint density at radius 1 is 0.688 bits per heavy atom. The Hall–Kier alpha value is -5.85. The van der Waals surface area contributed by atoms with Gasteiger partial charge in [0.25, 0.3) is 0 Å². The summed E-state index contributed by atoms with van der Waals surface area (Å²) < 4.78 is 10.1. The van der Waals surface area contributed by atoms with Crippen molar-refractivity contribution < 1.29 is 24.5 Å². The Kier molecular flexibility index (Phi) is 11.7. The number of imidazole rings is 1. The predicted octanol–water partition coefficient (Wildman–Crippen LogP) is 14.7. The van der Waals surface area contributed by atoms with Gasteiger partial charge in [-0.2, -0.15) is 0 Å². The van der Waals surface area contributed by atoms with Gasteiger partial charge in [-0.25, -0.2) is 0 Å². The maximum Gasteiger partial charge on any atom is 0.120 e. The monoisotopic (exact) mass is 1070 g/mol. The molecule has 0 spiro atoms. The molecular weight excluding hydrogens is 1020 g/mol. The molecule has 3 heterocycles. The molecule has 1 radical (unpaired) electrons. The van der Waals surface area contributed by atoms with Crippen molar-refractivity contribution in [2.24, 2.45) is 5.92 Å². The minimum Gasteiger partial charge on any atom is -0.501 e. The zero-order valence-electron chi connectivity index (χ0n) is 37.5. The van der Waals surface area contributed by atoms with E-state index in [2.05, 4.69) is 177 Å². The second-order valence-electron chi connectivity index (χ2n) is 18.8. The SMILES string of the molecule is CC(C)Cc1cc(-c2[c-]ccc3c2C(C)(C)c2ccccc2-3)nc[c]1[Ge]([CH3])([CH3])[CH3].[Ir].[c-]1ccc2c(oc3ccccc32)c1-c1nc2ccccc2n1-c1ccc(-c2ccccc2)cc1. The Balaban J connectivity index is 0.000000162. The number of aromatic nitrogens is 3. The third-order valence-corrected chi connectivity index (χ3v) is 16.9. The van der Waals surface area contributed by atoms with Crippen LogP contribution in [0.5, 0.6) is 0 Å². The van der Waals surface area contributed by atoms with Crippen LogP contribution in [0.15, 0.2) is 168 Å². The van der Waals surface area contributed by atoms with Gasteiger partial charge in [0, 0.05) is 31.2 Å². The number of nitrogens with zero attached hydrogens (tertiary/aromatic N) is 3. The first-order valence-corrected chi connectivity index (χ1v) is 29.4. The molecule has 0 amide bonds. The van der Waals surface area contributed by atoms with Gasteiger partial charge in [-0.05, 0) is 41.5 Å². The van der Waals surface area contributed by atoms with Crippen LogP contribution in [0.25, 0.3) is 83.6 Å². The number of fused-ring (bicyclic) bond motifs is 7. The topological polar surface area (TPSA) is 43.9 Å². The average Bonchev–Trinajstić information content (AvgIpc) is 3.94. The van der Waals surface area contributed by atoms with Crippen LogP contribution in [0.2, 0.25) is 17.3 Å². The molecule has 0 bridgehead atoms. The van der Waals surface area contributed by atoms with Crippen molar-refractivity contribution >= 4 is 50.6 Å². The first-order chi connectivity index (χ1) is 30.5. The second kappa shape index (κ2) is 17.3. The first kappa shape index (κ1) is 43.4. The van der Waals surface area contributed by atoms with Crippen molar-refractivity contribution in [3.8, 4) is 50.6 Å². The van der Waals surface area contributed by atoms with Crippen molar-refractivity contribution in [1.29, 1.82) is 0 Å². The minimum atomic E-state index is -1.98. The summed E-state index contributed by atoms with van der Waals surface area (Å²) in [5, 5.41) is 2.17. The molecule has 3 aromatic heterocycles. The summed E-state index contributed by atoms with van der Waals surface area (Å²) in [4.78, 5) is 10.0. The van der Waals surface area contributed by atoms with Crippen LogP contribution in [-0.2, 0) is 31.9 Å². The molecule has 0 aliphatic heterocycles. The van der Waals surface area contributed by atoms with E-state index in [1.165, 1.54) is 48.9 Å². The maximum atomic E-state index is 6.32. The molecule has 0 N–H and O–H groups in total. The smallest absolute Gasteiger partial charge is 0.120 e. The van der Waals surface area contributed by atoms with E-state index in [4.69, 9.17) is 14.4 Å². The fourth-order valence-electron chi connectivity index (χ4n) is 9.63. The van der Waals surface area contributed by atoms with Gasteiger partial charge in [-0.3, -0.25) is 4.98 Å². The summed E-state index contributed by atoms with van der Waals surface area (Å²) in [5.74, 6) is 8.85. The van der Waals surface area contributed by atoms with Crippen LogP contribution in [0, 0.1) is 18.1 Å². The summed E-state index contributed by atoms with van der Waals surface area (Å²) in [6, 6.07) is 61.9. The summed E-state index contributed by atoms with van der Waals surface area (Å²) in [5.41, 5.74) is 17.1. The van der Waals surface area contributed by atoms with E-state index in [-0.39, 0.29) is 25.5 Å². The van der Waals surface area contributed by atoms with Gasteiger partial charge in [0.15, 0.2) is 0 Å². The van der Waals surface area contributed by atoms with E-state index < -0.39 is 13.3 Å². The van der Waals surface area contributed by atoms with Gasteiger partial charge in [-0.15, -0.1) is 18.2 Å². The van der Waals surface area contributed by atoms with Gasteiger partial charge >= 0.3 is 179 Å². The molecule has 1 aliphatic rings. The van der Waals surface area contributed by atoms with Gasteiger partial charge in [0.2, 0.25) is 0 Å². The molecule has 0 fully saturated rings. The molecule has 0 unspecified atom stereocenters. The molecule has 7 aromatic carbocycles. The zero-order chi connectivity index (χ0) is 43.5. The Morgan fingerprint density at radius 3 is 2.14 bits per heavy atom. The zero-order valence-corrected chi connectivity index (χ0v) is 41.9. The normalized spacial score (nSPS) is 12.8. The standard InChI is InChI=1S/C31H19N2O.C27H32GeN.Ir/c1-2-9-21(10-3-1)22-17-19-23(20-18-22)33-28-15-6-5-14-27(28)32-31(33)26-13-8-12-25-24-11-4-7-16-29(24)34-30(25)26;1-18(2)15-19-16-25(29-17-24(19)28(5,6)7)22-13-10-12-21-20-11-8-9-14-23(20)27(3,4)26(21)22;/h1-12,14-20H;8-12,14,16-18H,15H2,1-7H3;/q2*-1;. The first-order valence-electron chi connectivity index (χ1n) is 22.1. The largest absolute Gasteiger partial charge is 0.501 e. The third kappa shape index (κ3) is 7.78. The van der Waals surface area contributed by atoms with Crippen LogP contribution in [0.1, 0.15) is 44.4 Å². The number of furan rings is 1. The number of para-hydroxylation sites is 3. The maximum absolute atomic E-state index is 6.32. The predicted molar refractivity (Wildman–Crippen MR) is 266 cm³/mol. The van der Waals surface area contributed by atoms with Crippen molar-refractivity contribution in [3.63, 3.8) is 0 Å². The van der Waals surface area contributed by atoms with Crippen molar-refractivity contribution in [1.82, 2.24) is 14.5 Å². The van der Waals surface area contributed by atoms with Crippen LogP contribution >= 0.6 is 0 Å². The van der Waals surface area contributed by atoms with Crippen LogP contribution in [-0.4, -0.2) is 27.8 Å². The van der Waals surface area contributed by atoms with Gasteiger partial charge in [0.05, 0.1) is 22.4 Å². The van der Waals surface area contributed by atoms with E-state index in [0.29, 0.717) is 5.92 Å². The summed E-state index contributed by atoms with van der Waals surface area (Å²) in [7, 11) is 0. The molecule has 1 aliphatic carbocycles. The van der Waals surface area contributed by atoms with Crippen molar-refractivity contribution in [3.05, 3.63) is 193 Å². The second-order valence-corrected chi connectivity index (χ2v) is 29.3. The van der Waals surface area contributed by atoms with E-state index in [1.54, 1.807) is 0 Å². The van der Waals surface area contributed by atoms with Gasteiger partial charge < -0.3 is 8.98 Å². The molecule has 0 saturated carbocycles. The Bertz CT molecular complexity index is 3300. The van der Waals surface area contributed by atoms with Crippen LogP contribution in [0.3, 0.4) is 0 Å². The fourth-order valence-corrected chi connectivity index (χ4v) is 13.0. The molecule has 6 heteroatoms. The molecule has 4 nitrogen and oxygen atoms in total. The van der Waals surface area contributed by atoms with Gasteiger partial charge in [-0.1, -0.05) is 83.7 Å².